The molecule has 0 aromatic heterocycles. The van der Waals surface area contributed by atoms with Gasteiger partial charge in [0.25, 0.3) is 15.9 Å². The van der Waals surface area contributed by atoms with Gasteiger partial charge in [-0.2, -0.15) is 0 Å². The van der Waals surface area contributed by atoms with Crippen molar-refractivity contribution in [1.29, 1.82) is 0 Å². The second-order valence-electron chi connectivity index (χ2n) is 6.60. The van der Waals surface area contributed by atoms with E-state index in [9.17, 15) is 18.0 Å². The number of amides is 2. The molecule has 0 unspecified atom stereocenters. The molecule has 1 heterocycles. The van der Waals surface area contributed by atoms with E-state index in [1.165, 1.54) is 25.1 Å². The molecule has 0 aliphatic carbocycles. The second kappa shape index (κ2) is 7.61. The van der Waals surface area contributed by atoms with Gasteiger partial charge in [-0.25, -0.2) is 8.42 Å². The molecule has 0 saturated heterocycles. The third-order valence-electron chi connectivity index (χ3n) is 4.55. The van der Waals surface area contributed by atoms with Crippen LogP contribution in [0.25, 0.3) is 0 Å². The first-order chi connectivity index (χ1) is 13.2. The summed E-state index contributed by atoms with van der Waals surface area (Å²) < 4.78 is 30.5. The van der Waals surface area contributed by atoms with Gasteiger partial charge in [0.2, 0.25) is 5.91 Å². The first-order valence-electron chi connectivity index (χ1n) is 8.64. The molecule has 3 rings (SSSR count). The van der Waals surface area contributed by atoms with Crippen LogP contribution in [0.5, 0.6) is 5.75 Å². The lowest BCUT2D eigenvalue weighted by atomic mass is 10.1. The lowest BCUT2D eigenvalue weighted by Gasteiger charge is -2.17. The highest BCUT2D eigenvalue weighted by atomic mass is 32.2. The van der Waals surface area contributed by atoms with Crippen molar-refractivity contribution in [1.82, 2.24) is 10.3 Å². The summed E-state index contributed by atoms with van der Waals surface area (Å²) in [5.41, 5.74) is 5.27. The molecule has 2 aromatic rings. The maximum absolute atomic E-state index is 12.4. The van der Waals surface area contributed by atoms with Crippen molar-refractivity contribution < 1.29 is 22.7 Å². The van der Waals surface area contributed by atoms with E-state index < -0.39 is 22.0 Å². The highest BCUT2D eigenvalue weighted by Crippen LogP contribution is 2.25. The third kappa shape index (κ3) is 4.15. The fourth-order valence-electron chi connectivity index (χ4n) is 2.75. The van der Waals surface area contributed by atoms with Gasteiger partial charge in [-0.05, 0) is 61.7 Å². The van der Waals surface area contributed by atoms with Crippen LogP contribution < -0.4 is 20.3 Å². The van der Waals surface area contributed by atoms with Crippen LogP contribution in [0.15, 0.2) is 41.3 Å². The van der Waals surface area contributed by atoms with E-state index in [1.807, 2.05) is 26.0 Å². The Balaban J connectivity index is 1.64. The monoisotopic (exact) mass is 403 g/mol. The Morgan fingerprint density at radius 3 is 2.71 bits per heavy atom. The highest BCUT2D eigenvalue weighted by Gasteiger charge is 2.23. The zero-order valence-corrected chi connectivity index (χ0v) is 16.5. The second-order valence-corrected chi connectivity index (χ2v) is 8.28. The van der Waals surface area contributed by atoms with Crippen LogP contribution in [-0.2, 0) is 26.0 Å². The highest BCUT2D eigenvalue weighted by molar-refractivity contribution is 7.89. The third-order valence-corrected chi connectivity index (χ3v) is 5.79. The van der Waals surface area contributed by atoms with Gasteiger partial charge in [0.1, 0.15) is 5.75 Å². The van der Waals surface area contributed by atoms with E-state index in [2.05, 4.69) is 15.6 Å². The zero-order chi connectivity index (χ0) is 20.5. The Morgan fingerprint density at radius 2 is 1.96 bits per heavy atom. The molecule has 8 nitrogen and oxygen atoms in total. The van der Waals surface area contributed by atoms with Crippen LogP contribution in [0.3, 0.4) is 0 Å². The van der Waals surface area contributed by atoms with Gasteiger partial charge < -0.3 is 10.1 Å². The number of carbonyl (C=O) groups is 2. The minimum Gasteiger partial charge on any atom is -0.481 e. The fourth-order valence-corrected chi connectivity index (χ4v) is 3.64. The molecule has 1 aliphatic heterocycles. The molecule has 1 aliphatic rings. The van der Waals surface area contributed by atoms with Crippen molar-refractivity contribution in [3.8, 4) is 5.75 Å². The van der Waals surface area contributed by atoms with Crippen LogP contribution in [0.4, 0.5) is 5.69 Å². The molecule has 1 atom stereocenters. The molecular weight excluding hydrogens is 382 g/mol. The Bertz CT molecular complexity index is 1050. The molecule has 3 N–H and O–H groups in total. The minimum atomic E-state index is -3.99. The van der Waals surface area contributed by atoms with E-state index in [0.717, 1.165) is 11.1 Å². The van der Waals surface area contributed by atoms with Gasteiger partial charge in [-0.3, -0.25) is 15.0 Å². The summed E-state index contributed by atoms with van der Waals surface area (Å²) in [7, 11) is -3.99. The van der Waals surface area contributed by atoms with Gasteiger partial charge in [0.05, 0.1) is 11.3 Å². The molecule has 148 valence electrons. The normalized spacial score (nSPS) is 14.2. The van der Waals surface area contributed by atoms with E-state index in [0.29, 0.717) is 17.0 Å². The number of hydrogen-bond acceptors (Lipinski definition) is 5. The number of carbonyl (C=O) groups excluding carboxylic acids is 2. The zero-order valence-electron chi connectivity index (χ0n) is 15.7. The number of nitrogens with one attached hydrogen (secondary N) is 3. The van der Waals surface area contributed by atoms with Gasteiger partial charge in [0, 0.05) is 5.69 Å². The molecule has 2 amide bonds. The number of ether oxygens (including phenoxy) is 1. The smallest absolute Gasteiger partial charge is 0.275 e. The lowest BCUT2D eigenvalue weighted by molar-refractivity contribution is -0.127. The lowest BCUT2D eigenvalue weighted by Crippen LogP contribution is -2.47. The maximum Gasteiger partial charge on any atom is 0.275 e. The molecule has 0 fully saturated rings. The Kier molecular flexibility index (Phi) is 5.39. The van der Waals surface area contributed by atoms with Crippen LogP contribution in [0.2, 0.25) is 0 Å². The molecule has 9 heteroatoms. The summed E-state index contributed by atoms with van der Waals surface area (Å²) in [6, 6.07) is 9.77. The number of sulfonamides is 1. The van der Waals surface area contributed by atoms with Crippen molar-refractivity contribution in [2.45, 2.75) is 38.2 Å². The summed E-state index contributed by atoms with van der Waals surface area (Å²) in [5.74, 6) is -0.271. The summed E-state index contributed by atoms with van der Waals surface area (Å²) in [4.78, 5) is 25.6. The summed E-state index contributed by atoms with van der Waals surface area (Å²) >= 11 is 0. The molecule has 0 spiro atoms. The van der Waals surface area contributed by atoms with Crippen LogP contribution in [0.1, 0.15) is 23.6 Å². The number of benzene rings is 2. The van der Waals surface area contributed by atoms with E-state index in [4.69, 9.17) is 4.74 Å². The maximum atomic E-state index is 12.4. The molecule has 0 saturated carbocycles. The first-order valence-corrected chi connectivity index (χ1v) is 10.1. The number of hydrazine groups is 1. The summed E-state index contributed by atoms with van der Waals surface area (Å²) in [6.07, 6.45) is -0.795. The van der Waals surface area contributed by atoms with Crippen molar-refractivity contribution >= 4 is 27.5 Å². The SMILES string of the molecule is Cc1cccc(O[C@@H](C)C(=O)NNS(=O)(=O)c2ccc3c(c2)CC(=O)N3)c1C. The Morgan fingerprint density at radius 1 is 1.21 bits per heavy atom. The summed E-state index contributed by atoms with van der Waals surface area (Å²) in [5, 5.41) is 2.63. The fraction of sp³-hybridized carbons (Fsp3) is 0.263. The largest absolute Gasteiger partial charge is 0.481 e. The number of aryl methyl sites for hydroxylation is 1. The summed E-state index contributed by atoms with van der Waals surface area (Å²) in [6.45, 7) is 5.34. The Hall–Kier alpha value is -2.91. The number of rotatable bonds is 6. The topological polar surface area (TPSA) is 114 Å². The minimum absolute atomic E-state index is 0.0499. The van der Waals surface area contributed by atoms with E-state index in [-0.39, 0.29) is 17.2 Å². The average Bonchev–Trinajstić information content (AvgIpc) is 3.02. The predicted octanol–water partition coefficient (Wildman–Crippen LogP) is 1.58. The van der Waals surface area contributed by atoms with Crippen LogP contribution in [0, 0.1) is 13.8 Å². The average molecular weight is 403 g/mol. The van der Waals surface area contributed by atoms with Crippen molar-refractivity contribution in [3.05, 3.63) is 53.1 Å². The standard InChI is InChI=1S/C19H21N3O5S/c1-11-5-4-6-17(12(11)2)27-13(3)19(24)21-22-28(25,26)15-7-8-16-14(9-15)10-18(23)20-16/h4-9,13,22H,10H2,1-3H3,(H,20,23)(H,21,24)/t13-/m0/s1. The van der Waals surface area contributed by atoms with Gasteiger partial charge >= 0.3 is 0 Å². The number of anilines is 1. The van der Waals surface area contributed by atoms with Crippen LogP contribution >= 0.6 is 0 Å². The van der Waals surface area contributed by atoms with E-state index in [1.54, 1.807) is 6.07 Å². The van der Waals surface area contributed by atoms with Crippen molar-refractivity contribution in [2.24, 2.45) is 0 Å². The van der Waals surface area contributed by atoms with Gasteiger partial charge in [-0.1, -0.05) is 12.1 Å². The molecule has 0 bridgehead atoms. The molecule has 0 radical (unpaired) electrons. The number of hydrogen-bond donors (Lipinski definition) is 3. The van der Waals surface area contributed by atoms with E-state index >= 15 is 0 Å². The Labute approximate surface area is 163 Å². The molecular formula is C19H21N3O5S. The predicted molar refractivity (Wildman–Crippen MR) is 103 cm³/mol. The van der Waals surface area contributed by atoms with Gasteiger partial charge in [0.15, 0.2) is 6.10 Å². The first kappa shape index (κ1) is 19.8. The van der Waals surface area contributed by atoms with Crippen LogP contribution in [-0.4, -0.2) is 26.3 Å². The quantitative estimate of drug-likeness (QED) is 0.634. The van der Waals surface area contributed by atoms with Crippen molar-refractivity contribution in [2.75, 3.05) is 5.32 Å². The molecule has 2 aromatic carbocycles. The number of fused-ring (bicyclic) bond motifs is 1. The van der Waals surface area contributed by atoms with Gasteiger partial charge in [-0.15, -0.1) is 4.83 Å². The van der Waals surface area contributed by atoms with Crippen molar-refractivity contribution in [3.63, 3.8) is 0 Å². The molecule has 28 heavy (non-hydrogen) atoms.